The van der Waals surface area contributed by atoms with E-state index in [-0.39, 0.29) is 12.3 Å². The van der Waals surface area contributed by atoms with E-state index in [1.807, 2.05) is 24.3 Å². The molecule has 2 aromatic carbocycles. The molecule has 0 bridgehead atoms. The zero-order valence-corrected chi connectivity index (χ0v) is 11.6. The van der Waals surface area contributed by atoms with E-state index in [2.05, 4.69) is 28.6 Å². The van der Waals surface area contributed by atoms with E-state index < -0.39 is 5.97 Å². The summed E-state index contributed by atoms with van der Waals surface area (Å²) in [6, 6.07) is 16.3. The maximum atomic E-state index is 11.5. The van der Waals surface area contributed by atoms with E-state index in [1.54, 1.807) is 11.8 Å². The van der Waals surface area contributed by atoms with Crippen molar-refractivity contribution in [3.8, 4) is 0 Å². The standard InChI is InChI=1S/C15H11ClO2S/c16-18-15(17)9-12-10-5-1-3-7-13(10)19-14-8-4-2-6-11(12)14/h1-8,12H,9H2. The number of hydrogen-bond acceptors (Lipinski definition) is 3. The summed E-state index contributed by atoms with van der Waals surface area (Å²) in [7, 11) is 0. The Kier molecular flexibility index (Phi) is 3.49. The minimum atomic E-state index is -0.400. The smallest absolute Gasteiger partial charge is 0.325 e. The highest BCUT2D eigenvalue weighted by Gasteiger charge is 2.28. The third-order valence-electron chi connectivity index (χ3n) is 3.27. The Hall–Kier alpha value is -1.45. The Morgan fingerprint density at radius 1 is 1.05 bits per heavy atom. The van der Waals surface area contributed by atoms with Gasteiger partial charge in [0.1, 0.15) is 11.9 Å². The molecule has 0 spiro atoms. The third kappa shape index (κ3) is 2.36. The van der Waals surface area contributed by atoms with Crippen LogP contribution < -0.4 is 0 Å². The van der Waals surface area contributed by atoms with E-state index in [0.717, 1.165) is 11.1 Å². The van der Waals surface area contributed by atoms with Crippen LogP contribution in [0.4, 0.5) is 0 Å². The molecule has 0 atom stereocenters. The molecule has 0 aromatic heterocycles. The fraction of sp³-hybridized carbons (Fsp3) is 0.133. The van der Waals surface area contributed by atoms with E-state index in [0.29, 0.717) is 0 Å². The van der Waals surface area contributed by atoms with Crippen molar-refractivity contribution in [2.45, 2.75) is 22.1 Å². The van der Waals surface area contributed by atoms with Crippen molar-refractivity contribution < 1.29 is 9.08 Å². The van der Waals surface area contributed by atoms with Gasteiger partial charge in [0.25, 0.3) is 0 Å². The first kappa shape index (κ1) is 12.6. The first-order valence-electron chi connectivity index (χ1n) is 5.96. The van der Waals surface area contributed by atoms with Crippen LogP contribution >= 0.6 is 23.6 Å². The molecule has 1 aliphatic heterocycles. The van der Waals surface area contributed by atoms with E-state index >= 15 is 0 Å². The molecule has 0 aliphatic carbocycles. The molecule has 96 valence electrons. The Morgan fingerprint density at radius 2 is 1.58 bits per heavy atom. The molecule has 0 radical (unpaired) electrons. The SMILES string of the molecule is O=C(CC1c2ccccc2Sc2ccccc21)OCl. The molecule has 3 rings (SSSR count). The molecule has 1 aliphatic rings. The molecule has 4 heteroatoms. The van der Waals surface area contributed by atoms with Gasteiger partial charge in [-0.05, 0) is 23.3 Å². The average molecular weight is 291 g/mol. The van der Waals surface area contributed by atoms with Gasteiger partial charge in [-0.25, -0.2) is 0 Å². The first-order chi connectivity index (χ1) is 9.29. The molecule has 0 unspecified atom stereocenters. The predicted octanol–water partition coefficient (Wildman–Crippen LogP) is 4.37. The maximum Gasteiger partial charge on any atom is 0.325 e. The minimum Gasteiger partial charge on any atom is -0.348 e. The number of halogens is 1. The number of benzene rings is 2. The van der Waals surface area contributed by atoms with Crippen molar-refractivity contribution in [1.82, 2.24) is 0 Å². The summed E-state index contributed by atoms with van der Waals surface area (Å²) in [5, 5.41) is 0. The minimum absolute atomic E-state index is 0.0138. The van der Waals surface area contributed by atoms with Crippen LogP contribution in [-0.4, -0.2) is 5.97 Å². The molecule has 0 fully saturated rings. The van der Waals surface area contributed by atoms with Crippen molar-refractivity contribution in [3.05, 3.63) is 59.7 Å². The van der Waals surface area contributed by atoms with Crippen LogP contribution in [0, 0.1) is 0 Å². The Bertz CT molecular complexity index is 582. The highest BCUT2D eigenvalue weighted by molar-refractivity contribution is 7.99. The highest BCUT2D eigenvalue weighted by atomic mass is 35.5. The first-order valence-corrected chi connectivity index (χ1v) is 7.09. The highest BCUT2D eigenvalue weighted by Crippen LogP contribution is 2.46. The lowest BCUT2D eigenvalue weighted by molar-refractivity contribution is -0.134. The molecular weight excluding hydrogens is 280 g/mol. The van der Waals surface area contributed by atoms with Crippen LogP contribution in [-0.2, 0) is 9.08 Å². The predicted molar refractivity (Wildman–Crippen MR) is 75.4 cm³/mol. The van der Waals surface area contributed by atoms with Gasteiger partial charge in [-0.2, -0.15) is 0 Å². The molecule has 2 nitrogen and oxygen atoms in total. The number of carbonyl (C=O) groups is 1. The molecule has 0 N–H and O–H groups in total. The molecule has 0 amide bonds. The molecule has 0 saturated heterocycles. The van der Waals surface area contributed by atoms with Gasteiger partial charge in [-0.15, -0.1) is 0 Å². The monoisotopic (exact) mass is 290 g/mol. The van der Waals surface area contributed by atoms with Crippen molar-refractivity contribution in [2.24, 2.45) is 0 Å². The van der Waals surface area contributed by atoms with Crippen LogP contribution in [0.25, 0.3) is 0 Å². The average Bonchev–Trinajstić information content (AvgIpc) is 2.46. The second kappa shape index (κ2) is 5.27. The number of hydrogen-bond donors (Lipinski definition) is 0. The number of carbonyl (C=O) groups excluding carboxylic acids is 1. The number of fused-ring (bicyclic) bond motifs is 2. The third-order valence-corrected chi connectivity index (χ3v) is 4.62. The van der Waals surface area contributed by atoms with E-state index in [9.17, 15) is 4.79 Å². The maximum absolute atomic E-state index is 11.5. The Balaban J connectivity index is 2.08. The summed E-state index contributed by atoms with van der Waals surface area (Å²) in [5.74, 6) is -0.386. The Labute approximate surface area is 120 Å². The summed E-state index contributed by atoms with van der Waals surface area (Å²) in [6.07, 6.45) is 0.262. The molecular formula is C15H11ClO2S. The summed E-state index contributed by atoms with van der Waals surface area (Å²) in [5.41, 5.74) is 2.32. The quantitative estimate of drug-likeness (QED) is 0.821. The van der Waals surface area contributed by atoms with Crippen LogP contribution in [0.5, 0.6) is 0 Å². The van der Waals surface area contributed by atoms with Crippen LogP contribution in [0.15, 0.2) is 58.3 Å². The van der Waals surface area contributed by atoms with Gasteiger partial charge in [-0.3, -0.25) is 4.79 Å². The zero-order chi connectivity index (χ0) is 13.2. The Morgan fingerprint density at radius 3 is 2.11 bits per heavy atom. The molecule has 2 aromatic rings. The topological polar surface area (TPSA) is 26.3 Å². The van der Waals surface area contributed by atoms with Crippen molar-refractivity contribution in [2.75, 3.05) is 0 Å². The molecule has 1 heterocycles. The molecule has 19 heavy (non-hydrogen) atoms. The van der Waals surface area contributed by atoms with Crippen LogP contribution in [0.3, 0.4) is 0 Å². The van der Waals surface area contributed by atoms with Gasteiger partial charge in [0, 0.05) is 15.7 Å². The summed E-state index contributed by atoms with van der Waals surface area (Å²) in [6.45, 7) is 0. The van der Waals surface area contributed by atoms with Gasteiger partial charge in [0.05, 0.1) is 6.42 Å². The lowest BCUT2D eigenvalue weighted by Gasteiger charge is -2.26. The lowest BCUT2D eigenvalue weighted by Crippen LogP contribution is -2.13. The summed E-state index contributed by atoms with van der Waals surface area (Å²) >= 11 is 6.91. The van der Waals surface area contributed by atoms with Gasteiger partial charge in [0.2, 0.25) is 0 Å². The van der Waals surface area contributed by atoms with E-state index in [1.165, 1.54) is 9.79 Å². The van der Waals surface area contributed by atoms with Crippen LogP contribution in [0.2, 0.25) is 0 Å². The van der Waals surface area contributed by atoms with Gasteiger partial charge < -0.3 is 4.29 Å². The van der Waals surface area contributed by atoms with Crippen molar-refractivity contribution in [3.63, 3.8) is 0 Å². The largest absolute Gasteiger partial charge is 0.348 e. The lowest BCUT2D eigenvalue weighted by atomic mass is 9.88. The van der Waals surface area contributed by atoms with Crippen LogP contribution in [0.1, 0.15) is 23.5 Å². The van der Waals surface area contributed by atoms with E-state index in [4.69, 9.17) is 11.9 Å². The van der Waals surface area contributed by atoms with Crippen molar-refractivity contribution in [1.29, 1.82) is 0 Å². The second-order valence-corrected chi connectivity index (χ2v) is 5.62. The number of rotatable bonds is 2. The fourth-order valence-electron chi connectivity index (χ4n) is 2.43. The summed E-state index contributed by atoms with van der Waals surface area (Å²) < 4.78 is 4.31. The van der Waals surface area contributed by atoms with Gasteiger partial charge in [0.15, 0.2) is 0 Å². The molecule has 0 saturated carbocycles. The van der Waals surface area contributed by atoms with Gasteiger partial charge in [-0.1, -0.05) is 48.2 Å². The van der Waals surface area contributed by atoms with Gasteiger partial charge >= 0.3 is 5.97 Å². The fourth-order valence-corrected chi connectivity index (χ4v) is 3.68. The summed E-state index contributed by atoms with van der Waals surface area (Å²) in [4.78, 5) is 13.9. The zero-order valence-electron chi connectivity index (χ0n) is 10.0. The van der Waals surface area contributed by atoms with Crippen molar-refractivity contribution >= 4 is 29.6 Å². The normalized spacial score (nSPS) is 13.5. The second-order valence-electron chi connectivity index (χ2n) is 4.38.